The van der Waals surface area contributed by atoms with E-state index >= 15 is 0 Å². The Morgan fingerprint density at radius 1 is 1.25 bits per heavy atom. The van der Waals surface area contributed by atoms with Crippen LogP contribution in [0.5, 0.6) is 0 Å². The molecule has 3 aromatic heterocycles. The van der Waals surface area contributed by atoms with Gasteiger partial charge >= 0.3 is 0 Å². The maximum absolute atomic E-state index is 4.52. The molecule has 16 heavy (non-hydrogen) atoms. The Balaban J connectivity index is 1.97. The molecule has 0 aliphatic rings. The van der Waals surface area contributed by atoms with Crippen LogP contribution in [0.3, 0.4) is 0 Å². The Hall–Kier alpha value is -2.65. The van der Waals surface area contributed by atoms with Gasteiger partial charge in [-0.1, -0.05) is 5.16 Å². The summed E-state index contributed by atoms with van der Waals surface area (Å²) in [4.78, 5) is 0. The van der Waals surface area contributed by atoms with Crippen molar-refractivity contribution in [3.05, 3.63) is 12.0 Å². The van der Waals surface area contributed by atoms with Gasteiger partial charge in [-0.3, -0.25) is 0 Å². The number of aromatic nitrogens is 8. The summed E-state index contributed by atoms with van der Waals surface area (Å²) < 4.78 is 5.91. The predicted octanol–water partition coefficient (Wildman–Crippen LogP) is -0.651. The van der Waals surface area contributed by atoms with Crippen LogP contribution in [0.25, 0.3) is 5.78 Å². The molecule has 80 valence electrons. The highest BCUT2D eigenvalue weighted by atomic mass is 16.6. The van der Waals surface area contributed by atoms with Gasteiger partial charge in [-0.25, -0.2) is 4.63 Å². The highest BCUT2D eigenvalue weighted by molar-refractivity contribution is 5.48. The van der Waals surface area contributed by atoms with E-state index in [0.29, 0.717) is 17.3 Å². The summed E-state index contributed by atoms with van der Waals surface area (Å²) in [6.07, 6.45) is 1.42. The number of anilines is 2. The fraction of sp³-hybridized carbons (Fsp3) is 0.167. The van der Waals surface area contributed by atoms with Gasteiger partial charge in [0.25, 0.3) is 11.7 Å². The third kappa shape index (κ3) is 1.32. The van der Waals surface area contributed by atoms with Gasteiger partial charge in [-0.15, -0.1) is 25.5 Å². The van der Waals surface area contributed by atoms with E-state index in [1.165, 1.54) is 10.8 Å². The first-order valence-electron chi connectivity index (χ1n) is 4.30. The van der Waals surface area contributed by atoms with Crippen LogP contribution >= 0.6 is 0 Å². The number of nitrogens with zero attached hydrogens (tertiary/aromatic N) is 8. The molecule has 0 radical (unpaired) electrons. The summed E-state index contributed by atoms with van der Waals surface area (Å²) in [6.45, 7) is 1.74. The molecule has 3 heterocycles. The van der Waals surface area contributed by atoms with Gasteiger partial charge in [-0.05, 0) is 12.1 Å². The van der Waals surface area contributed by atoms with Crippen LogP contribution < -0.4 is 5.32 Å². The summed E-state index contributed by atoms with van der Waals surface area (Å²) >= 11 is 0. The fourth-order valence-electron chi connectivity index (χ4n) is 1.08. The van der Waals surface area contributed by atoms with Crippen LogP contribution in [0.1, 0.15) is 5.69 Å². The molecule has 10 heteroatoms. The monoisotopic (exact) mass is 219 g/mol. The average Bonchev–Trinajstić information content (AvgIpc) is 2.88. The van der Waals surface area contributed by atoms with Gasteiger partial charge in [0.15, 0.2) is 0 Å². The molecule has 0 saturated heterocycles. The second-order valence-electron chi connectivity index (χ2n) is 2.92. The van der Waals surface area contributed by atoms with Crippen molar-refractivity contribution in [2.45, 2.75) is 6.92 Å². The minimum Gasteiger partial charge on any atom is -0.302 e. The SMILES string of the molecule is Cc1nonc1Nc1nnc2nncn2n1. The van der Waals surface area contributed by atoms with E-state index in [-0.39, 0.29) is 5.95 Å². The van der Waals surface area contributed by atoms with Crippen LogP contribution in [-0.2, 0) is 0 Å². The van der Waals surface area contributed by atoms with Gasteiger partial charge in [0.2, 0.25) is 5.82 Å². The van der Waals surface area contributed by atoms with Crippen LogP contribution in [0.4, 0.5) is 11.8 Å². The minimum atomic E-state index is 0.256. The smallest absolute Gasteiger partial charge is 0.290 e. The normalized spacial score (nSPS) is 10.8. The number of hydrogen-bond acceptors (Lipinski definition) is 9. The van der Waals surface area contributed by atoms with Crippen LogP contribution in [-0.4, -0.2) is 40.3 Å². The van der Waals surface area contributed by atoms with E-state index in [0.717, 1.165) is 0 Å². The molecule has 0 bridgehead atoms. The molecule has 0 saturated carbocycles. The summed E-state index contributed by atoms with van der Waals surface area (Å²) in [6, 6.07) is 0. The maximum Gasteiger partial charge on any atom is 0.290 e. The van der Waals surface area contributed by atoms with Crippen molar-refractivity contribution in [3.63, 3.8) is 0 Å². The zero-order valence-electron chi connectivity index (χ0n) is 8.06. The first-order chi connectivity index (χ1) is 7.83. The standard InChI is InChI=1S/C6H5N9O/c1-3-4(14-16-13-3)8-5-9-11-6-10-7-2-15(6)12-5/h2H,1H3,(H,8,12,14). The number of hydrogen-bond donors (Lipinski definition) is 1. The van der Waals surface area contributed by atoms with Crippen LogP contribution in [0.2, 0.25) is 0 Å². The van der Waals surface area contributed by atoms with E-state index in [9.17, 15) is 0 Å². The molecule has 3 rings (SSSR count). The van der Waals surface area contributed by atoms with Crippen LogP contribution in [0, 0.1) is 6.92 Å². The van der Waals surface area contributed by atoms with E-state index in [1.807, 2.05) is 0 Å². The second-order valence-corrected chi connectivity index (χ2v) is 2.92. The molecule has 0 unspecified atom stereocenters. The fourth-order valence-corrected chi connectivity index (χ4v) is 1.08. The molecule has 0 spiro atoms. The number of rotatable bonds is 2. The Kier molecular flexibility index (Phi) is 1.72. The molecule has 0 aromatic carbocycles. The molecule has 1 N–H and O–H groups in total. The number of fused-ring (bicyclic) bond motifs is 1. The zero-order chi connectivity index (χ0) is 11.0. The molecular weight excluding hydrogens is 214 g/mol. The summed E-state index contributed by atoms with van der Waals surface area (Å²) in [5, 5.41) is 29.0. The third-order valence-corrected chi connectivity index (χ3v) is 1.83. The van der Waals surface area contributed by atoms with Crippen molar-refractivity contribution in [1.82, 2.24) is 40.3 Å². The Labute approximate surface area is 87.7 Å². The maximum atomic E-state index is 4.52. The lowest BCUT2D eigenvalue weighted by atomic mass is 10.5. The molecule has 0 aliphatic carbocycles. The lowest BCUT2D eigenvalue weighted by Crippen LogP contribution is -2.04. The zero-order valence-corrected chi connectivity index (χ0v) is 8.06. The van der Waals surface area contributed by atoms with Crippen LogP contribution in [0.15, 0.2) is 11.0 Å². The third-order valence-electron chi connectivity index (χ3n) is 1.83. The van der Waals surface area contributed by atoms with Crippen molar-refractivity contribution in [1.29, 1.82) is 0 Å². The van der Waals surface area contributed by atoms with Gasteiger partial charge in [0, 0.05) is 0 Å². The molecule has 0 atom stereocenters. The van der Waals surface area contributed by atoms with Crippen molar-refractivity contribution in [2.24, 2.45) is 0 Å². The van der Waals surface area contributed by atoms with E-state index in [2.05, 4.69) is 45.8 Å². The minimum absolute atomic E-state index is 0.256. The molecule has 3 aromatic rings. The molecule has 10 nitrogen and oxygen atoms in total. The summed E-state index contributed by atoms with van der Waals surface area (Å²) in [7, 11) is 0. The van der Waals surface area contributed by atoms with Crippen molar-refractivity contribution in [3.8, 4) is 0 Å². The first kappa shape index (κ1) is 8.64. The van der Waals surface area contributed by atoms with Crippen molar-refractivity contribution in [2.75, 3.05) is 5.32 Å². The van der Waals surface area contributed by atoms with Crippen molar-refractivity contribution < 1.29 is 4.63 Å². The molecule has 0 aliphatic heterocycles. The highest BCUT2D eigenvalue weighted by Crippen LogP contribution is 2.11. The Bertz CT molecular complexity index is 628. The summed E-state index contributed by atoms with van der Waals surface area (Å²) in [5.41, 5.74) is 0.604. The van der Waals surface area contributed by atoms with E-state index in [1.54, 1.807) is 6.92 Å². The predicted molar refractivity (Wildman–Crippen MR) is 48.7 cm³/mol. The molecular formula is C6H5N9O. The largest absolute Gasteiger partial charge is 0.302 e. The van der Waals surface area contributed by atoms with Gasteiger partial charge in [-0.2, -0.15) is 4.52 Å². The van der Waals surface area contributed by atoms with E-state index < -0.39 is 0 Å². The number of nitrogens with one attached hydrogen (secondary N) is 1. The summed E-state index contributed by atoms with van der Waals surface area (Å²) in [5.74, 6) is 1.01. The Morgan fingerprint density at radius 2 is 2.19 bits per heavy atom. The van der Waals surface area contributed by atoms with Gasteiger partial charge in [0.1, 0.15) is 12.0 Å². The highest BCUT2D eigenvalue weighted by Gasteiger charge is 2.08. The van der Waals surface area contributed by atoms with Gasteiger partial charge < -0.3 is 5.32 Å². The van der Waals surface area contributed by atoms with E-state index in [4.69, 9.17) is 0 Å². The Morgan fingerprint density at radius 3 is 3.00 bits per heavy atom. The molecule has 0 fully saturated rings. The lowest BCUT2D eigenvalue weighted by molar-refractivity contribution is 0.306. The molecule has 0 amide bonds. The topological polar surface area (TPSA) is 120 Å². The van der Waals surface area contributed by atoms with Crippen molar-refractivity contribution >= 4 is 17.5 Å². The lowest BCUT2D eigenvalue weighted by Gasteiger charge is -1.98. The second kappa shape index (κ2) is 3.18. The average molecular weight is 219 g/mol. The number of aryl methyl sites for hydroxylation is 1. The van der Waals surface area contributed by atoms with Gasteiger partial charge in [0.05, 0.1) is 0 Å². The first-order valence-corrected chi connectivity index (χ1v) is 4.30. The quantitative estimate of drug-likeness (QED) is 0.599.